The number of ether oxygens (including phenoxy) is 1. The van der Waals surface area contributed by atoms with Crippen molar-refractivity contribution in [3.8, 4) is 5.75 Å². The van der Waals surface area contributed by atoms with Crippen LogP contribution in [0.5, 0.6) is 5.75 Å². The monoisotopic (exact) mass is 432 g/mol. The van der Waals surface area contributed by atoms with Gasteiger partial charge < -0.3 is 4.74 Å². The molecule has 3 nitrogen and oxygen atoms in total. The van der Waals surface area contributed by atoms with Crippen LogP contribution < -0.4 is 4.74 Å². The maximum atomic E-state index is 6.53. The Labute approximate surface area is 195 Å². The highest BCUT2D eigenvalue weighted by Gasteiger charge is 2.40. The molecule has 0 N–H and O–H groups in total. The van der Waals surface area contributed by atoms with Crippen LogP contribution in [-0.2, 0) is 5.41 Å². The normalized spacial score (nSPS) is 19.6. The van der Waals surface area contributed by atoms with Gasteiger partial charge in [-0.25, -0.2) is 5.01 Å². The number of hydrogen-bond acceptors (Lipinski definition) is 3. The quantitative estimate of drug-likeness (QED) is 0.330. The zero-order chi connectivity index (χ0) is 22.6. The van der Waals surface area contributed by atoms with Gasteiger partial charge in [0.05, 0.1) is 11.8 Å². The van der Waals surface area contributed by atoms with Crippen LogP contribution in [-0.4, -0.2) is 10.7 Å². The highest BCUT2D eigenvalue weighted by atomic mass is 16.5. The average molecular weight is 433 g/mol. The topological polar surface area (TPSA) is 24.8 Å². The first-order valence-corrected chi connectivity index (χ1v) is 11.7. The van der Waals surface area contributed by atoms with Crippen LogP contribution in [0.2, 0.25) is 0 Å². The number of para-hydroxylation sites is 1. The summed E-state index contributed by atoms with van der Waals surface area (Å²) in [7, 11) is 0. The van der Waals surface area contributed by atoms with Crippen molar-refractivity contribution in [1.82, 2.24) is 5.01 Å². The molecule has 4 aromatic carbocycles. The maximum absolute atomic E-state index is 6.53. The number of nitrogens with zero attached hydrogens (tertiary/aromatic N) is 2. The predicted molar refractivity (Wildman–Crippen MR) is 135 cm³/mol. The van der Waals surface area contributed by atoms with Crippen molar-refractivity contribution < 1.29 is 4.74 Å². The van der Waals surface area contributed by atoms with Crippen molar-refractivity contribution >= 4 is 16.5 Å². The van der Waals surface area contributed by atoms with E-state index in [2.05, 4.69) is 111 Å². The molecule has 0 saturated heterocycles. The van der Waals surface area contributed by atoms with E-state index in [0.717, 1.165) is 23.4 Å². The molecule has 2 aliphatic heterocycles. The fourth-order valence-electron chi connectivity index (χ4n) is 4.95. The molecule has 0 spiro atoms. The van der Waals surface area contributed by atoms with Crippen LogP contribution >= 0.6 is 0 Å². The van der Waals surface area contributed by atoms with Gasteiger partial charge in [-0.1, -0.05) is 99.6 Å². The van der Waals surface area contributed by atoms with E-state index in [1.54, 1.807) is 0 Å². The Kier molecular flexibility index (Phi) is 4.55. The lowest BCUT2D eigenvalue weighted by atomic mass is 9.86. The molecule has 2 unspecified atom stereocenters. The lowest BCUT2D eigenvalue weighted by molar-refractivity contribution is -0.0190. The van der Waals surface area contributed by atoms with E-state index in [-0.39, 0.29) is 17.7 Å². The van der Waals surface area contributed by atoms with E-state index in [4.69, 9.17) is 9.84 Å². The van der Waals surface area contributed by atoms with Crippen LogP contribution in [0.25, 0.3) is 10.8 Å². The molecular formula is C30H28N2O. The molecule has 0 aliphatic carbocycles. The zero-order valence-electron chi connectivity index (χ0n) is 19.3. The molecule has 0 radical (unpaired) electrons. The summed E-state index contributed by atoms with van der Waals surface area (Å²) in [6, 6.07) is 32.5. The van der Waals surface area contributed by atoms with Gasteiger partial charge in [0.15, 0.2) is 0 Å². The number of benzene rings is 4. The van der Waals surface area contributed by atoms with Crippen LogP contribution in [0.1, 0.15) is 61.7 Å². The molecule has 2 aliphatic rings. The fraction of sp³-hybridized carbons (Fsp3) is 0.233. The molecule has 0 aromatic heterocycles. The Bertz CT molecular complexity index is 1360. The second-order valence-corrected chi connectivity index (χ2v) is 10.1. The van der Waals surface area contributed by atoms with Crippen molar-refractivity contribution in [2.75, 3.05) is 0 Å². The largest absolute Gasteiger partial charge is 0.464 e. The second-order valence-electron chi connectivity index (χ2n) is 10.1. The molecule has 2 heterocycles. The highest BCUT2D eigenvalue weighted by molar-refractivity contribution is 6.04. The molecule has 4 aromatic rings. The molecular weight excluding hydrogens is 404 g/mol. The molecule has 164 valence electrons. The lowest BCUT2D eigenvalue weighted by Gasteiger charge is -2.38. The highest BCUT2D eigenvalue weighted by Crippen LogP contribution is 2.47. The Morgan fingerprint density at radius 3 is 2.33 bits per heavy atom. The van der Waals surface area contributed by atoms with Gasteiger partial charge >= 0.3 is 0 Å². The van der Waals surface area contributed by atoms with E-state index >= 15 is 0 Å². The van der Waals surface area contributed by atoms with Gasteiger partial charge in [0.25, 0.3) is 0 Å². The summed E-state index contributed by atoms with van der Waals surface area (Å²) in [5.41, 5.74) is 6.08. The first kappa shape index (κ1) is 20.0. The van der Waals surface area contributed by atoms with Gasteiger partial charge in [0, 0.05) is 17.5 Å². The van der Waals surface area contributed by atoms with Crippen LogP contribution in [0.3, 0.4) is 0 Å². The van der Waals surface area contributed by atoms with Gasteiger partial charge in [-0.3, -0.25) is 0 Å². The Morgan fingerprint density at radius 2 is 1.55 bits per heavy atom. The third-order valence-electron chi connectivity index (χ3n) is 6.84. The summed E-state index contributed by atoms with van der Waals surface area (Å²) in [5, 5.41) is 9.80. The number of rotatable bonds is 2. The van der Waals surface area contributed by atoms with Gasteiger partial charge in [0.2, 0.25) is 6.23 Å². The van der Waals surface area contributed by atoms with Crippen molar-refractivity contribution in [2.24, 2.45) is 5.10 Å². The summed E-state index contributed by atoms with van der Waals surface area (Å²) >= 11 is 0. The van der Waals surface area contributed by atoms with E-state index in [1.165, 1.54) is 27.5 Å². The van der Waals surface area contributed by atoms with Crippen molar-refractivity contribution in [3.63, 3.8) is 0 Å². The summed E-state index contributed by atoms with van der Waals surface area (Å²) in [4.78, 5) is 0. The third-order valence-corrected chi connectivity index (χ3v) is 6.84. The Balaban J connectivity index is 1.41. The number of hydrogen-bond donors (Lipinski definition) is 0. The minimum atomic E-state index is -0.239. The SMILES string of the molecule is CC(C)(C)c1ccc(C2Oc3ccccc3C3CC(c4ccc5ccccc5c4)=NN32)cc1. The van der Waals surface area contributed by atoms with Gasteiger partial charge in [0.1, 0.15) is 5.75 Å². The van der Waals surface area contributed by atoms with E-state index in [1.807, 2.05) is 6.07 Å². The summed E-state index contributed by atoms with van der Waals surface area (Å²) in [6.45, 7) is 6.73. The first-order valence-electron chi connectivity index (χ1n) is 11.7. The van der Waals surface area contributed by atoms with Crippen LogP contribution in [0, 0.1) is 0 Å². The average Bonchev–Trinajstić information content (AvgIpc) is 3.29. The van der Waals surface area contributed by atoms with Gasteiger partial charge in [-0.05, 0) is 39.4 Å². The zero-order valence-corrected chi connectivity index (χ0v) is 19.3. The molecule has 0 saturated carbocycles. The summed E-state index contributed by atoms with van der Waals surface area (Å²) in [5.74, 6) is 0.957. The molecule has 33 heavy (non-hydrogen) atoms. The summed E-state index contributed by atoms with van der Waals surface area (Å²) < 4.78 is 6.53. The predicted octanol–water partition coefficient (Wildman–Crippen LogP) is 7.38. The number of fused-ring (bicyclic) bond motifs is 4. The maximum Gasteiger partial charge on any atom is 0.213 e. The minimum absolute atomic E-state index is 0.121. The van der Waals surface area contributed by atoms with Gasteiger partial charge in [-0.2, -0.15) is 5.10 Å². The molecule has 6 rings (SSSR count). The van der Waals surface area contributed by atoms with E-state index < -0.39 is 0 Å². The summed E-state index contributed by atoms with van der Waals surface area (Å²) in [6.07, 6.45) is 0.631. The van der Waals surface area contributed by atoms with Crippen molar-refractivity contribution in [3.05, 3.63) is 113 Å². The minimum Gasteiger partial charge on any atom is -0.464 e. The number of hydrazone groups is 1. The third kappa shape index (κ3) is 3.48. The molecule has 0 bridgehead atoms. The van der Waals surface area contributed by atoms with Crippen molar-refractivity contribution in [1.29, 1.82) is 0 Å². The fourth-order valence-corrected chi connectivity index (χ4v) is 4.95. The Hall–Kier alpha value is -3.59. The smallest absolute Gasteiger partial charge is 0.213 e. The van der Waals surface area contributed by atoms with Crippen molar-refractivity contribution in [2.45, 2.75) is 44.9 Å². The lowest BCUT2D eigenvalue weighted by Crippen LogP contribution is -2.33. The van der Waals surface area contributed by atoms with E-state index in [0.29, 0.717) is 0 Å². The van der Waals surface area contributed by atoms with Gasteiger partial charge in [-0.15, -0.1) is 0 Å². The van der Waals surface area contributed by atoms with Crippen LogP contribution in [0.15, 0.2) is 96.1 Å². The first-order chi connectivity index (χ1) is 16.0. The standard InChI is InChI=1S/C30H28N2O/c1-30(2,3)24-16-14-21(15-17-24)29-32-27(25-10-6-7-11-28(25)33-29)19-26(31-32)23-13-12-20-8-4-5-9-22(20)18-23/h4-18,27,29H,19H2,1-3H3. The molecule has 2 atom stereocenters. The molecule has 3 heteroatoms. The molecule has 0 fully saturated rings. The second kappa shape index (κ2) is 7.48. The molecule has 0 amide bonds. The van der Waals surface area contributed by atoms with E-state index in [9.17, 15) is 0 Å². The van der Waals surface area contributed by atoms with Crippen LogP contribution in [0.4, 0.5) is 0 Å². The Morgan fingerprint density at radius 1 is 0.818 bits per heavy atom.